The van der Waals surface area contributed by atoms with Crippen LogP contribution < -0.4 is 10.3 Å². The quantitative estimate of drug-likeness (QED) is 0.856. The Balaban J connectivity index is 2.20. The van der Waals surface area contributed by atoms with Crippen molar-refractivity contribution in [1.29, 1.82) is 0 Å². The minimum Gasteiger partial charge on any atom is -0.426 e. The number of aryl methyl sites for hydroxylation is 1. The van der Waals surface area contributed by atoms with E-state index in [0.29, 0.717) is 17.0 Å². The molecule has 0 bridgehead atoms. The van der Waals surface area contributed by atoms with Crippen molar-refractivity contribution < 1.29 is 9.53 Å². The zero-order chi connectivity index (χ0) is 15.1. The summed E-state index contributed by atoms with van der Waals surface area (Å²) in [5, 5.41) is 4.29. The summed E-state index contributed by atoms with van der Waals surface area (Å²) >= 11 is 0. The van der Waals surface area contributed by atoms with Crippen LogP contribution in [0.25, 0.3) is 0 Å². The molecule has 2 aromatic rings. The van der Waals surface area contributed by atoms with Crippen LogP contribution in [0.2, 0.25) is 0 Å². The normalized spacial score (nSPS) is 17.7. The van der Waals surface area contributed by atoms with Gasteiger partial charge in [0.2, 0.25) is 0 Å². The van der Waals surface area contributed by atoms with Crippen LogP contribution in [0.5, 0.6) is 5.75 Å². The molecule has 1 atom stereocenters. The first-order valence-electron chi connectivity index (χ1n) is 6.95. The number of carbonyl (C=O) groups is 1. The summed E-state index contributed by atoms with van der Waals surface area (Å²) in [5.41, 5.74) is 1.82. The highest BCUT2D eigenvalue weighted by Crippen LogP contribution is 2.36. The average molecular weight is 287 g/mol. The summed E-state index contributed by atoms with van der Waals surface area (Å²) in [4.78, 5) is 26.9. The Morgan fingerprint density at radius 3 is 2.90 bits per heavy atom. The number of esters is 1. The maximum absolute atomic E-state index is 12.3. The minimum atomic E-state index is -0.325. The van der Waals surface area contributed by atoms with E-state index >= 15 is 0 Å². The fraction of sp³-hybridized carbons (Fsp3) is 0.400. The SMILES string of the molecule is Cc1cc2c(c(=O)[nH]1)[C@H](c1ccnn1C(C)C)CC(=O)O2. The fourth-order valence-corrected chi connectivity index (χ4v) is 2.80. The summed E-state index contributed by atoms with van der Waals surface area (Å²) in [6, 6.07) is 3.70. The van der Waals surface area contributed by atoms with Gasteiger partial charge in [-0.15, -0.1) is 0 Å². The van der Waals surface area contributed by atoms with Crippen molar-refractivity contribution >= 4 is 5.97 Å². The molecule has 110 valence electrons. The average Bonchev–Trinajstić information content (AvgIpc) is 2.85. The van der Waals surface area contributed by atoms with Crippen molar-refractivity contribution in [3.05, 3.63) is 45.6 Å². The van der Waals surface area contributed by atoms with Gasteiger partial charge < -0.3 is 9.72 Å². The van der Waals surface area contributed by atoms with Gasteiger partial charge in [0.25, 0.3) is 5.56 Å². The Labute approximate surface area is 121 Å². The number of nitrogens with one attached hydrogen (secondary N) is 1. The van der Waals surface area contributed by atoms with Gasteiger partial charge in [0.05, 0.1) is 12.0 Å². The van der Waals surface area contributed by atoms with Gasteiger partial charge in [-0.05, 0) is 26.8 Å². The number of carbonyl (C=O) groups excluding carboxylic acids is 1. The van der Waals surface area contributed by atoms with Crippen LogP contribution in [-0.4, -0.2) is 20.7 Å². The van der Waals surface area contributed by atoms with Crippen LogP contribution in [0.4, 0.5) is 0 Å². The van der Waals surface area contributed by atoms with Gasteiger partial charge in [-0.3, -0.25) is 14.3 Å². The standard InChI is InChI=1S/C15H17N3O3/c1-8(2)18-11(4-5-16-18)10-7-13(19)21-12-6-9(3)17-15(20)14(10)12/h4-6,8,10H,7H2,1-3H3,(H,17,20)/t10-/m0/s1. The van der Waals surface area contributed by atoms with Crippen LogP contribution in [0.3, 0.4) is 0 Å². The van der Waals surface area contributed by atoms with E-state index in [-0.39, 0.29) is 29.9 Å². The molecule has 0 amide bonds. The highest BCUT2D eigenvalue weighted by atomic mass is 16.5. The molecule has 0 saturated carbocycles. The number of H-pyrrole nitrogens is 1. The molecule has 3 rings (SSSR count). The molecular formula is C15H17N3O3. The van der Waals surface area contributed by atoms with E-state index in [4.69, 9.17) is 4.74 Å². The van der Waals surface area contributed by atoms with Crippen molar-refractivity contribution in [2.75, 3.05) is 0 Å². The molecule has 0 aromatic carbocycles. The number of aromatic nitrogens is 3. The molecule has 1 N–H and O–H groups in total. The second kappa shape index (κ2) is 4.87. The molecule has 0 aliphatic carbocycles. The Hall–Kier alpha value is -2.37. The Morgan fingerprint density at radius 1 is 1.43 bits per heavy atom. The lowest BCUT2D eigenvalue weighted by Gasteiger charge is -2.25. The predicted molar refractivity (Wildman–Crippen MR) is 76.5 cm³/mol. The van der Waals surface area contributed by atoms with Crippen LogP contribution in [0.1, 0.15) is 49.2 Å². The monoisotopic (exact) mass is 287 g/mol. The molecule has 0 unspecified atom stereocenters. The number of nitrogens with zero attached hydrogens (tertiary/aromatic N) is 2. The summed E-state index contributed by atoms with van der Waals surface area (Å²) in [6.07, 6.45) is 1.84. The predicted octanol–water partition coefficient (Wildman–Crippen LogP) is 1.90. The molecule has 2 aromatic heterocycles. The smallest absolute Gasteiger partial charge is 0.312 e. The third-order valence-corrected chi connectivity index (χ3v) is 3.66. The zero-order valence-electron chi connectivity index (χ0n) is 12.2. The van der Waals surface area contributed by atoms with Crippen molar-refractivity contribution in [3.63, 3.8) is 0 Å². The summed E-state index contributed by atoms with van der Waals surface area (Å²) in [6.45, 7) is 5.79. The van der Waals surface area contributed by atoms with Crippen LogP contribution in [0, 0.1) is 6.92 Å². The van der Waals surface area contributed by atoms with Crippen LogP contribution in [0.15, 0.2) is 23.1 Å². The topological polar surface area (TPSA) is 77.0 Å². The Bertz CT molecular complexity index is 758. The molecule has 6 nitrogen and oxygen atoms in total. The third kappa shape index (κ3) is 2.26. The number of pyridine rings is 1. The summed E-state index contributed by atoms with van der Waals surface area (Å²) in [7, 11) is 0. The first kappa shape index (κ1) is 13.6. The third-order valence-electron chi connectivity index (χ3n) is 3.66. The molecule has 21 heavy (non-hydrogen) atoms. The molecular weight excluding hydrogens is 270 g/mol. The van der Waals surface area contributed by atoms with Crippen LogP contribution >= 0.6 is 0 Å². The number of hydrogen-bond donors (Lipinski definition) is 1. The summed E-state index contributed by atoms with van der Waals surface area (Å²) < 4.78 is 7.07. The van der Waals surface area contributed by atoms with E-state index in [1.807, 2.05) is 24.6 Å². The van der Waals surface area contributed by atoms with E-state index in [1.54, 1.807) is 19.2 Å². The Morgan fingerprint density at radius 2 is 2.19 bits per heavy atom. The van der Waals surface area contributed by atoms with Gasteiger partial charge >= 0.3 is 5.97 Å². The highest BCUT2D eigenvalue weighted by molar-refractivity contribution is 5.77. The number of ether oxygens (including phenoxy) is 1. The molecule has 0 fully saturated rings. The Kier molecular flexibility index (Phi) is 3.16. The molecule has 1 aliphatic rings. The van der Waals surface area contributed by atoms with E-state index in [2.05, 4.69) is 10.1 Å². The number of rotatable bonds is 2. The van der Waals surface area contributed by atoms with Crippen molar-refractivity contribution in [3.8, 4) is 5.75 Å². The first-order valence-corrected chi connectivity index (χ1v) is 6.95. The van der Waals surface area contributed by atoms with E-state index in [0.717, 1.165) is 5.69 Å². The van der Waals surface area contributed by atoms with E-state index < -0.39 is 0 Å². The fourth-order valence-electron chi connectivity index (χ4n) is 2.80. The van der Waals surface area contributed by atoms with Gasteiger partial charge in [-0.25, -0.2) is 0 Å². The molecule has 6 heteroatoms. The molecule has 0 radical (unpaired) electrons. The largest absolute Gasteiger partial charge is 0.426 e. The lowest BCUT2D eigenvalue weighted by atomic mass is 9.90. The summed E-state index contributed by atoms with van der Waals surface area (Å²) in [5.74, 6) is -0.293. The molecule has 0 spiro atoms. The number of aromatic amines is 1. The number of fused-ring (bicyclic) bond motifs is 1. The molecule has 1 aliphatic heterocycles. The van der Waals surface area contributed by atoms with Crippen molar-refractivity contribution in [2.45, 2.75) is 39.2 Å². The maximum atomic E-state index is 12.3. The van der Waals surface area contributed by atoms with Crippen LogP contribution in [-0.2, 0) is 4.79 Å². The van der Waals surface area contributed by atoms with Gasteiger partial charge in [0.1, 0.15) is 5.75 Å². The minimum absolute atomic E-state index is 0.150. The number of hydrogen-bond acceptors (Lipinski definition) is 4. The molecule has 3 heterocycles. The molecule has 0 saturated heterocycles. The van der Waals surface area contributed by atoms with Gasteiger partial charge in [-0.1, -0.05) is 0 Å². The van der Waals surface area contributed by atoms with Gasteiger partial charge in [0.15, 0.2) is 0 Å². The van der Waals surface area contributed by atoms with E-state index in [9.17, 15) is 9.59 Å². The van der Waals surface area contributed by atoms with Crippen molar-refractivity contribution in [1.82, 2.24) is 14.8 Å². The first-order chi connectivity index (χ1) is 9.97. The van der Waals surface area contributed by atoms with Gasteiger partial charge in [0, 0.05) is 35.6 Å². The highest BCUT2D eigenvalue weighted by Gasteiger charge is 2.33. The zero-order valence-corrected chi connectivity index (χ0v) is 12.2. The lowest BCUT2D eigenvalue weighted by molar-refractivity contribution is -0.135. The second-order valence-corrected chi connectivity index (χ2v) is 5.58. The maximum Gasteiger partial charge on any atom is 0.312 e. The van der Waals surface area contributed by atoms with Gasteiger partial charge in [-0.2, -0.15) is 5.10 Å². The van der Waals surface area contributed by atoms with E-state index in [1.165, 1.54) is 0 Å². The lowest BCUT2D eigenvalue weighted by Crippen LogP contribution is -2.29. The van der Waals surface area contributed by atoms with Crippen molar-refractivity contribution in [2.24, 2.45) is 0 Å². The second-order valence-electron chi connectivity index (χ2n) is 5.58.